The summed E-state index contributed by atoms with van der Waals surface area (Å²) >= 11 is 7.39. The molecule has 0 unspecified atom stereocenters. The van der Waals surface area contributed by atoms with E-state index >= 15 is 0 Å². The van der Waals surface area contributed by atoms with Crippen molar-refractivity contribution in [1.29, 1.82) is 0 Å². The zero-order valence-electron chi connectivity index (χ0n) is 14.3. The van der Waals surface area contributed by atoms with Gasteiger partial charge in [-0.1, -0.05) is 35.4 Å². The maximum Gasteiger partial charge on any atom is 0.336 e. The van der Waals surface area contributed by atoms with Gasteiger partial charge < -0.3 is 0 Å². The molecule has 0 radical (unpaired) electrons. The Balaban J connectivity index is 2.01. The van der Waals surface area contributed by atoms with Gasteiger partial charge in [-0.2, -0.15) is 0 Å². The first kappa shape index (κ1) is 17.7. The van der Waals surface area contributed by atoms with E-state index in [1.54, 1.807) is 29.6 Å². The van der Waals surface area contributed by atoms with Crippen LogP contribution >= 0.6 is 22.9 Å². The van der Waals surface area contributed by atoms with Crippen LogP contribution in [0.4, 0.5) is 4.39 Å². The number of rotatable bonds is 3. The normalized spacial score (nSPS) is 11.2. The highest BCUT2D eigenvalue weighted by Gasteiger charge is 2.18. The number of aromatic nitrogens is 2. The van der Waals surface area contributed by atoms with E-state index in [1.807, 2.05) is 19.1 Å². The van der Waals surface area contributed by atoms with Crippen LogP contribution in [0, 0.1) is 12.7 Å². The first-order valence-electron chi connectivity index (χ1n) is 8.20. The predicted octanol–water partition coefficient (Wildman–Crippen LogP) is 4.36. The van der Waals surface area contributed by atoms with Crippen LogP contribution in [0.15, 0.2) is 63.5 Å². The molecule has 4 rings (SSSR count). The van der Waals surface area contributed by atoms with Crippen molar-refractivity contribution in [2.24, 2.45) is 0 Å². The molecule has 2 aromatic carbocycles. The van der Waals surface area contributed by atoms with Crippen LogP contribution in [0.2, 0.25) is 5.02 Å². The van der Waals surface area contributed by atoms with E-state index in [0.29, 0.717) is 15.9 Å². The van der Waals surface area contributed by atoms with Gasteiger partial charge in [0.1, 0.15) is 10.5 Å². The zero-order chi connectivity index (χ0) is 19.1. The molecule has 0 aliphatic carbocycles. The van der Waals surface area contributed by atoms with Crippen LogP contribution in [-0.4, -0.2) is 9.13 Å². The van der Waals surface area contributed by atoms with Gasteiger partial charge in [-0.25, -0.2) is 13.8 Å². The molecule has 0 saturated carbocycles. The average Bonchev–Trinajstić information content (AvgIpc) is 3.12. The van der Waals surface area contributed by atoms with Crippen molar-refractivity contribution in [3.05, 3.63) is 96.7 Å². The van der Waals surface area contributed by atoms with E-state index < -0.39 is 11.5 Å². The molecular weight excluding hydrogens is 387 g/mol. The Kier molecular flexibility index (Phi) is 4.45. The van der Waals surface area contributed by atoms with Crippen molar-refractivity contribution >= 4 is 33.2 Å². The van der Waals surface area contributed by atoms with Crippen LogP contribution in [0.3, 0.4) is 0 Å². The lowest BCUT2D eigenvalue weighted by molar-refractivity contribution is 0.594. The van der Waals surface area contributed by atoms with Crippen LogP contribution < -0.4 is 11.2 Å². The van der Waals surface area contributed by atoms with E-state index in [9.17, 15) is 14.0 Å². The summed E-state index contributed by atoms with van der Waals surface area (Å²) in [6.45, 7) is 1.86. The number of aryl methyl sites for hydroxylation is 1. The van der Waals surface area contributed by atoms with E-state index in [-0.39, 0.29) is 22.7 Å². The molecule has 4 nitrogen and oxygen atoms in total. The minimum atomic E-state index is -0.533. The Morgan fingerprint density at radius 1 is 1.07 bits per heavy atom. The highest BCUT2D eigenvalue weighted by Crippen LogP contribution is 2.22. The Morgan fingerprint density at radius 2 is 1.81 bits per heavy atom. The molecule has 0 aliphatic rings. The van der Waals surface area contributed by atoms with Crippen molar-refractivity contribution in [2.45, 2.75) is 13.5 Å². The standard InChI is InChI=1S/C20H14ClFN2O2S/c1-12-5-7-13(8-6-12)24-19(25)18-17(9-10-27-18)23(20(24)26)11-14-15(21)3-2-4-16(14)22/h2-10H,11H2,1H3. The molecule has 0 fully saturated rings. The first-order chi connectivity index (χ1) is 13.0. The summed E-state index contributed by atoms with van der Waals surface area (Å²) in [5.41, 5.74) is 1.25. The summed E-state index contributed by atoms with van der Waals surface area (Å²) in [6.07, 6.45) is 0. The molecule has 0 bridgehead atoms. The maximum atomic E-state index is 14.3. The van der Waals surface area contributed by atoms with Gasteiger partial charge in [-0.3, -0.25) is 9.36 Å². The van der Waals surface area contributed by atoms with Gasteiger partial charge in [0.2, 0.25) is 0 Å². The lowest BCUT2D eigenvalue weighted by Crippen LogP contribution is -2.38. The quantitative estimate of drug-likeness (QED) is 0.512. The summed E-state index contributed by atoms with van der Waals surface area (Å²) in [5.74, 6) is -0.495. The molecule has 0 aliphatic heterocycles. The molecule has 2 aromatic heterocycles. The average molecular weight is 401 g/mol. The van der Waals surface area contributed by atoms with Gasteiger partial charge in [0.25, 0.3) is 5.56 Å². The highest BCUT2D eigenvalue weighted by atomic mass is 35.5. The second-order valence-corrected chi connectivity index (χ2v) is 7.50. The van der Waals surface area contributed by atoms with Gasteiger partial charge in [0.05, 0.1) is 17.7 Å². The van der Waals surface area contributed by atoms with Gasteiger partial charge in [0.15, 0.2) is 0 Å². The second kappa shape index (κ2) is 6.79. The Bertz CT molecular complexity index is 1250. The molecule has 0 N–H and O–H groups in total. The van der Waals surface area contributed by atoms with Gasteiger partial charge in [-0.15, -0.1) is 11.3 Å². The van der Waals surface area contributed by atoms with Crippen molar-refractivity contribution in [3.63, 3.8) is 0 Å². The molecule has 27 heavy (non-hydrogen) atoms. The number of thiophene rings is 1. The molecule has 0 atom stereocenters. The summed E-state index contributed by atoms with van der Waals surface area (Å²) in [4.78, 5) is 26.1. The Labute approximate surface area is 162 Å². The van der Waals surface area contributed by atoms with E-state index in [4.69, 9.17) is 11.6 Å². The highest BCUT2D eigenvalue weighted by molar-refractivity contribution is 7.17. The maximum absolute atomic E-state index is 14.3. The Morgan fingerprint density at radius 3 is 2.52 bits per heavy atom. The summed E-state index contributed by atoms with van der Waals surface area (Å²) in [5, 5.41) is 1.98. The SMILES string of the molecule is Cc1ccc(-n2c(=O)c3sccc3n(Cc3c(F)cccc3Cl)c2=O)cc1. The molecule has 4 aromatic rings. The van der Waals surface area contributed by atoms with Crippen molar-refractivity contribution in [2.75, 3.05) is 0 Å². The number of nitrogens with zero attached hydrogens (tertiary/aromatic N) is 2. The molecule has 0 spiro atoms. The lowest BCUT2D eigenvalue weighted by Gasteiger charge is -2.13. The number of hydrogen-bond donors (Lipinski definition) is 0. The lowest BCUT2D eigenvalue weighted by atomic mass is 10.2. The molecular formula is C20H14ClFN2O2S. The third-order valence-corrected chi connectivity index (χ3v) is 5.67. The third kappa shape index (κ3) is 3.01. The van der Waals surface area contributed by atoms with E-state index in [0.717, 1.165) is 10.1 Å². The smallest absolute Gasteiger partial charge is 0.287 e. The van der Waals surface area contributed by atoms with E-state index in [1.165, 1.54) is 28.0 Å². The fourth-order valence-electron chi connectivity index (χ4n) is 3.00. The zero-order valence-corrected chi connectivity index (χ0v) is 15.9. The molecule has 7 heteroatoms. The third-order valence-electron chi connectivity index (χ3n) is 4.42. The number of fused-ring (bicyclic) bond motifs is 1. The minimum absolute atomic E-state index is 0.0658. The minimum Gasteiger partial charge on any atom is -0.287 e. The molecule has 0 saturated heterocycles. The monoisotopic (exact) mass is 400 g/mol. The first-order valence-corrected chi connectivity index (χ1v) is 9.46. The fraction of sp³-hybridized carbons (Fsp3) is 0.100. The molecule has 2 heterocycles. The molecule has 136 valence electrons. The van der Waals surface area contributed by atoms with Gasteiger partial charge in [-0.05, 0) is 42.6 Å². The predicted molar refractivity (Wildman–Crippen MR) is 107 cm³/mol. The number of halogens is 2. The van der Waals surface area contributed by atoms with Crippen molar-refractivity contribution in [3.8, 4) is 5.69 Å². The fourth-order valence-corrected chi connectivity index (χ4v) is 4.05. The van der Waals surface area contributed by atoms with Crippen LogP contribution in [0.5, 0.6) is 0 Å². The van der Waals surface area contributed by atoms with Gasteiger partial charge in [0, 0.05) is 10.6 Å². The topological polar surface area (TPSA) is 44.0 Å². The summed E-state index contributed by atoms with van der Waals surface area (Å²) in [6, 6.07) is 13.2. The largest absolute Gasteiger partial charge is 0.336 e. The number of benzene rings is 2. The van der Waals surface area contributed by atoms with Crippen molar-refractivity contribution in [1.82, 2.24) is 9.13 Å². The Hall–Kier alpha value is -2.70. The molecule has 0 amide bonds. The van der Waals surface area contributed by atoms with Crippen LogP contribution in [0.1, 0.15) is 11.1 Å². The van der Waals surface area contributed by atoms with Crippen LogP contribution in [-0.2, 0) is 6.54 Å². The number of hydrogen-bond acceptors (Lipinski definition) is 3. The van der Waals surface area contributed by atoms with Crippen LogP contribution in [0.25, 0.3) is 15.9 Å². The van der Waals surface area contributed by atoms with Gasteiger partial charge >= 0.3 is 5.69 Å². The summed E-state index contributed by atoms with van der Waals surface area (Å²) < 4.78 is 17.2. The van der Waals surface area contributed by atoms with E-state index in [2.05, 4.69) is 0 Å². The second-order valence-electron chi connectivity index (χ2n) is 6.18. The van der Waals surface area contributed by atoms with Crippen molar-refractivity contribution < 1.29 is 4.39 Å². The summed E-state index contributed by atoms with van der Waals surface area (Å²) in [7, 11) is 0.